The molecule has 2 aromatic carbocycles. The van der Waals surface area contributed by atoms with Gasteiger partial charge in [0.1, 0.15) is 4.91 Å². The van der Waals surface area contributed by atoms with Crippen molar-refractivity contribution < 1.29 is 18.3 Å². The molecule has 0 fully saturated rings. The maximum Gasteiger partial charge on any atom is 0.344 e. The van der Waals surface area contributed by atoms with Crippen molar-refractivity contribution in [3.05, 3.63) is 75.8 Å². The SMILES string of the molecule is O=C(O)C1=C(NS(=O)(=O)c2cccc(Cl)c2)CC(c2ccccc2)S1. The molecule has 25 heavy (non-hydrogen) atoms. The molecule has 1 unspecified atom stereocenters. The topological polar surface area (TPSA) is 83.5 Å². The number of carboxylic acid groups (broad SMARTS) is 1. The molecule has 130 valence electrons. The molecule has 8 heteroatoms. The number of allylic oxidation sites excluding steroid dienone is 1. The zero-order valence-corrected chi connectivity index (χ0v) is 15.2. The smallest absolute Gasteiger partial charge is 0.344 e. The average Bonchev–Trinajstić information content (AvgIpc) is 2.99. The molecule has 1 aliphatic rings. The first-order valence-corrected chi connectivity index (χ1v) is 10.1. The summed E-state index contributed by atoms with van der Waals surface area (Å²) in [7, 11) is -3.91. The fraction of sp³-hybridized carbons (Fsp3) is 0.118. The minimum atomic E-state index is -3.91. The molecule has 2 N–H and O–H groups in total. The van der Waals surface area contributed by atoms with Gasteiger partial charge in [-0.05, 0) is 23.8 Å². The number of halogens is 1. The van der Waals surface area contributed by atoms with E-state index in [0.29, 0.717) is 5.02 Å². The van der Waals surface area contributed by atoms with Gasteiger partial charge in [0.25, 0.3) is 10.0 Å². The van der Waals surface area contributed by atoms with Crippen LogP contribution >= 0.6 is 23.4 Å². The molecule has 1 aliphatic heterocycles. The van der Waals surface area contributed by atoms with Crippen LogP contribution in [0.1, 0.15) is 17.2 Å². The molecular formula is C17H14ClNO4S2. The molecule has 0 saturated heterocycles. The summed E-state index contributed by atoms with van der Waals surface area (Å²) in [6.45, 7) is 0. The molecule has 0 amide bonds. The Kier molecular flexibility index (Phi) is 5.08. The van der Waals surface area contributed by atoms with Crippen molar-refractivity contribution in [1.29, 1.82) is 0 Å². The summed E-state index contributed by atoms with van der Waals surface area (Å²) >= 11 is 6.99. The predicted molar refractivity (Wildman–Crippen MR) is 97.8 cm³/mol. The Balaban J connectivity index is 1.89. The van der Waals surface area contributed by atoms with Crippen LogP contribution in [-0.4, -0.2) is 19.5 Å². The lowest BCUT2D eigenvalue weighted by Crippen LogP contribution is -2.24. The molecular weight excluding hydrogens is 382 g/mol. The number of carbonyl (C=O) groups is 1. The first-order chi connectivity index (χ1) is 11.9. The number of hydrogen-bond donors (Lipinski definition) is 2. The Morgan fingerprint density at radius 3 is 2.52 bits per heavy atom. The third kappa shape index (κ3) is 4.00. The van der Waals surface area contributed by atoms with Crippen LogP contribution in [0.3, 0.4) is 0 Å². The number of sulfonamides is 1. The Labute approximate surface area is 154 Å². The van der Waals surface area contributed by atoms with E-state index in [1.165, 1.54) is 18.2 Å². The van der Waals surface area contributed by atoms with Gasteiger partial charge in [-0.3, -0.25) is 4.72 Å². The van der Waals surface area contributed by atoms with Gasteiger partial charge in [-0.1, -0.05) is 48.0 Å². The molecule has 0 saturated carbocycles. The van der Waals surface area contributed by atoms with Gasteiger partial charge < -0.3 is 5.11 Å². The first kappa shape index (κ1) is 17.8. The highest BCUT2D eigenvalue weighted by atomic mass is 35.5. The standard InChI is InChI=1S/C17H14ClNO4S2/c18-12-7-4-8-13(9-12)25(22,23)19-14-10-15(24-16(14)17(20)21)11-5-2-1-3-6-11/h1-9,15,19H,10H2,(H,20,21). The van der Waals surface area contributed by atoms with Gasteiger partial charge in [-0.25, -0.2) is 13.2 Å². The summed E-state index contributed by atoms with van der Waals surface area (Å²) in [5, 5.41) is 9.57. The van der Waals surface area contributed by atoms with Crippen LogP contribution in [0.15, 0.2) is 70.1 Å². The summed E-state index contributed by atoms with van der Waals surface area (Å²) in [5.41, 5.74) is 1.13. The van der Waals surface area contributed by atoms with Crippen molar-refractivity contribution in [1.82, 2.24) is 4.72 Å². The average molecular weight is 396 g/mol. The van der Waals surface area contributed by atoms with Crippen LogP contribution in [0.25, 0.3) is 0 Å². The lowest BCUT2D eigenvalue weighted by atomic mass is 10.1. The highest BCUT2D eigenvalue weighted by Crippen LogP contribution is 2.47. The zero-order chi connectivity index (χ0) is 18.0. The van der Waals surface area contributed by atoms with E-state index in [1.807, 2.05) is 30.3 Å². The molecule has 2 aromatic rings. The van der Waals surface area contributed by atoms with Crippen molar-refractivity contribution in [3.8, 4) is 0 Å². The second kappa shape index (κ2) is 7.11. The van der Waals surface area contributed by atoms with Gasteiger partial charge >= 0.3 is 5.97 Å². The van der Waals surface area contributed by atoms with Gasteiger partial charge in [0, 0.05) is 22.4 Å². The zero-order valence-electron chi connectivity index (χ0n) is 12.8. The van der Waals surface area contributed by atoms with E-state index < -0.39 is 16.0 Å². The van der Waals surface area contributed by atoms with Crippen LogP contribution in [0, 0.1) is 0 Å². The first-order valence-electron chi connectivity index (χ1n) is 7.33. The van der Waals surface area contributed by atoms with E-state index in [2.05, 4.69) is 4.72 Å². The fourth-order valence-corrected chi connectivity index (χ4v) is 5.20. The summed E-state index contributed by atoms with van der Waals surface area (Å²) < 4.78 is 27.5. The molecule has 0 aromatic heterocycles. The van der Waals surface area contributed by atoms with Crippen molar-refractivity contribution >= 4 is 39.4 Å². The van der Waals surface area contributed by atoms with E-state index in [1.54, 1.807) is 6.07 Å². The van der Waals surface area contributed by atoms with Crippen LogP contribution in [-0.2, 0) is 14.8 Å². The number of benzene rings is 2. The minimum absolute atomic E-state index is 0.00889. The molecule has 0 aliphatic carbocycles. The van der Waals surface area contributed by atoms with E-state index in [-0.39, 0.29) is 27.2 Å². The van der Waals surface area contributed by atoms with E-state index in [4.69, 9.17) is 11.6 Å². The number of carboxylic acids is 1. The van der Waals surface area contributed by atoms with Gasteiger partial charge in [-0.15, -0.1) is 11.8 Å². The molecule has 5 nitrogen and oxygen atoms in total. The number of thioether (sulfide) groups is 1. The van der Waals surface area contributed by atoms with Crippen molar-refractivity contribution in [2.75, 3.05) is 0 Å². The quantitative estimate of drug-likeness (QED) is 0.804. The number of rotatable bonds is 5. The molecule has 0 bridgehead atoms. The lowest BCUT2D eigenvalue weighted by molar-refractivity contribution is -0.131. The van der Waals surface area contributed by atoms with Crippen molar-refractivity contribution in [2.45, 2.75) is 16.6 Å². The largest absolute Gasteiger partial charge is 0.477 e. The third-order valence-corrected chi connectivity index (χ3v) is 6.66. The maximum absolute atomic E-state index is 12.5. The molecule has 0 radical (unpaired) electrons. The summed E-state index contributed by atoms with van der Waals surface area (Å²) in [5.74, 6) is -1.15. The summed E-state index contributed by atoms with van der Waals surface area (Å²) in [6.07, 6.45) is 0.288. The molecule has 1 heterocycles. The van der Waals surface area contributed by atoms with Crippen LogP contribution < -0.4 is 4.72 Å². The van der Waals surface area contributed by atoms with Crippen LogP contribution in [0.2, 0.25) is 5.02 Å². The van der Waals surface area contributed by atoms with Crippen LogP contribution in [0.5, 0.6) is 0 Å². The summed E-state index contributed by atoms with van der Waals surface area (Å²) in [6, 6.07) is 15.2. The Morgan fingerprint density at radius 2 is 1.88 bits per heavy atom. The molecule has 3 rings (SSSR count). The van der Waals surface area contributed by atoms with Gasteiger partial charge in [0.2, 0.25) is 0 Å². The van der Waals surface area contributed by atoms with Gasteiger partial charge in [0.05, 0.1) is 4.90 Å². The maximum atomic E-state index is 12.5. The third-order valence-electron chi connectivity index (χ3n) is 3.65. The van der Waals surface area contributed by atoms with E-state index >= 15 is 0 Å². The Morgan fingerprint density at radius 1 is 1.16 bits per heavy atom. The fourth-order valence-electron chi connectivity index (χ4n) is 2.51. The second-order valence-corrected chi connectivity index (χ2v) is 8.73. The Hall–Kier alpha value is -1.96. The second-order valence-electron chi connectivity index (χ2n) is 5.40. The number of nitrogens with one attached hydrogen (secondary N) is 1. The number of hydrogen-bond acceptors (Lipinski definition) is 4. The molecule has 0 spiro atoms. The normalized spacial score (nSPS) is 17.6. The van der Waals surface area contributed by atoms with E-state index in [0.717, 1.165) is 17.3 Å². The van der Waals surface area contributed by atoms with Gasteiger partial charge in [0.15, 0.2) is 0 Å². The van der Waals surface area contributed by atoms with Crippen molar-refractivity contribution in [2.24, 2.45) is 0 Å². The highest BCUT2D eigenvalue weighted by molar-refractivity contribution is 8.04. The lowest BCUT2D eigenvalue weighted by Gasteiger charge is -2.11. The number of aliphatic carboxylic acids is 1. The van der Waals surface area contributed by atoms with Crippen molar-refractivity contribution in [3.63, 3.8) is 0 Å². The summed E-state index contributed by atoms with van der Waals surface area (Å²) in [4.78, 5) is 11.5. The highest BCUT2D eigenvalue weighted by Gasteiger charge is 2.32. The monoisotopic (exact) mass is 395 g/mol. The minimum Gasteiger partial charge on any atom is -0.477 e. The molecule has 1 atom stereocenters. The van der Waals surface area contributed by atoms with Crippen LogP contribution in [0.4, 0.5) is 0 Å². The van der Waals surface area contributed by atoms with E-state index in [9.17, 15) is 18.3 Å². The van der Waals surface area contributed by atoms with Gasteiger partial charge in [-0.2, -0.15) is 0 Å². The predicted octanol–water partition coefficient (Wildman–Crippen LogP) is 3.79. The Bertz CT molecular complexity index is 942.